The molecule has 0 atom stereocenters. The highest BCUT2D eigenvalue weighted by Gasteiger charge is 2.04. The minimum absolute atomic E-state index is 0.454. The lowest BCUT2D eigenvalue weighted by Crippen LogP contribution is -2.22. The van der Waals surface area contributed by atoms with Gasteiger partial charge in [-0.25, -0.2) is 0 Å². The topological polar surface area (TPSA) is 43.4 Å². The van der Waals surface area contributed by atoms with Crippen LogP contribution in [0.4, 0.5) is 0 Å². The highest BCUT2D eigenvalue weighted by atomic mass is 16.5. The molecule has 0 aliphatic rings. The summed E-state index contributed by atoms with van der Waals surface area (Å²) in [6.45, 7) is 11.3. The van der Waals surface area contributed by atoms with Crippen molar-refractivity contribution in [2.24, 2.45) is 5.92 Å². The van der Waals surface area contributed by atoms with Gasteiger partial charge < -0.3 is 14.8 Å². The van der Waals surface area contributed by atoms with E-state index in [1.807, 2.05) is 6.07 Å². The van der Waals surface area contributed by atoms with Crippen LogP contribution in [0, 0.1) is 5.92 Å². The molecule has 108 valence electrons. The molecule has 1 rings (SSSR count). The summed E-state index contributed by atoms with van der Waals surface area (Å²) in [7, 11) is 0. The Hall–Kier alpha value is -1.13. The van der Waals surface area contributed by atoms with Gasteiger partial charge >= 0.3 is 0 Å². The quantitative estimate of drug-likeness (QED) is 0.698. The van der Waals surface area contributed by atoms with E-state index in [0.717, 1.165) is 24.5 Å². The number of hydrogen-bond donors (Lipinski definition) is 1. The molecule has 19 heavy (non-hydrogen) atoms. The largest absolute Gasteiger partial charge is 0.489 e. The summed E-state index contributed by atoms with van der Waals surface area (Å²) in [5.74, 6) is 1.40. The van der Waals surface area contributed by atoms with E-state index in [1.165, 1.54) is 0 Å². The van der Waals surface area contributed by atoms with Gasteiger partial charge in [-0.3, -0.25) is 4.98 Å². The molecule has 0 saturated heterocycles. The second kappa shape index (κ2) is 8.88. The van der Waals surface area contributed by atoms with Gasteiger partial charge in [-0.05, 0) is 12.0 Å². The first-order valence-electron chi connectivity index (χ1n) is 6.96. The van der Waals surface area contributed by atoms with Crippen molar-refractivity contribution in [1.29, 1.82) is 0 Å². The van der Waals surface area contributed by atoms with Crippen molar-refractivity contribution >= 4 is 0 Å². The Balaban J connectivity index is 2.35. The minimum atomic E-state index is 0.454. The maximum atomic E-state index is 5.72. The van der Waals surface area contributed by atoms with Crippen LogP contribution in [0.5, 0.6) is 5.75 Å². The maximum absolute atomic E-state index is 5.72. The van der Waals surface area contributed by atoms with Crippen molar-refractivity contribution in [2.75, 3.05) is 19.8 Å². The molecule has 0 aliphatic carbocycles. The average molecular weight is 266 g/mol. The normalized spacial score (nSPS) is 11.3. The third kappa shape index (κ3) is 7.13. The molecule has 0 aliphatic heterocycles. The molecule has 0 aromatic carbocycles. The first kappa shape index (κ1) is 15.9. The summed E-state index contributed by atoms with van der Waals surface area (Å²) in [5, 5.41) is 3.38. The zero-order valence-electron chi connectivity index (χ0n) is 12.5. The van der Waals surface area contributed by atoms with Gasteiger partial charge in [-0.2, -0.15) is 0 Å². The van der Waals surface area contributed by atoms with E-state index in [2.05, 4.69) is 38.0 Å². The van der Waals surface area contributed by atoms with Crippen LogP contribution in [0.25, 0.3) is 0 Å². The second-order valence-electron chi connectivity index (χ2n) is 5.34. The van der Waals surface area contributed by atoms with Gasteiger partial charge in [-0.15, -0.1) is 0 Å². The maximum Gasteiger partial charge on any atom is 0.142 e. The third-order valence-corrected chi connectivity index (χ3v) is 2.51. The fourth-order valence-corrected chi connectivity index (χ4v) is 1.53. The van der Waals surface area contributed by atoms with Gasteiger partial charge in [0.15, 0.2) is 0 Å². The van der Waals surface area contributed by atoms with Crippen LogP contribution >= 0.6 is 0 Å². The number of pyridine rings is 1. The van der Waals surface area contributed by atoms with E-state index in [4.69, 9.17) is 9.47 Å². The number of ether oxygens (including phenoxy) is 2. The molecular formula is C15H26N2O2. The molecular weight excluding hydrogens is 240 g/mol. The smallest absolute Gasteiger partial charge is 0.142 e. The Kier molecular flexibility index (Phi) is 7.45. The second-order valence-corrected chi connectivity index (χ2v) is 5.34. The van der Waals surface area contributed by atoms with Crippen molar-refractivity contribution in [3.63, 3.8) is 0 Å². The predicted octanol–water partition coefficient (Wildman–Crippen LogP) is 2.63. The molecule has 4 nitrogen and oxygen atoms in total. The van der Waals surface area contributed by atoms with Crippen LogP contribution < -0.4 is 10.1 Å². The molecule has 0 amide bonds. The first-order chi connectivity index (χ1) is 9.09. The van der Waals surface area contributed by atoms with Crippen LogP contribution in [-0.4, -0.2) is 30.8 Å². The molecule has 0 unspecified atom stereocenters. The number of nitrogens with zero attached hydrogens (tertiary/aromatic N) is 1. The summed E-state index contributed by atoms with van der Waals surface area (Å²) in [5.41, 5.74) is 1.13. The molecule has 1 heterocycles. The van der Waals surface area contributed by atoms with Gasteiger partial charge in [0.25, 0.3) is 0 Å². The zero-order valence-corrected chi connectivity index (χ0v) is 12.5. The molecule has 0 fully saturated rings. The van der Waals surface area contributed by atoms with E-state index in [1.54, 1.807) is 12.4 Å². The lowest BCUT2D eigenvalue weighted by atomic mass is 10.2. The lowest BCUT2D eigenvalue weighted by molar-refractivity contribution is 0.0815. The van der Waals surface area contributed by atoms with Crippen LogP contribution in [0.1, 0.15) is 33.3 Å². The number of hydrogen-bond acceptors (Lipinski definition) is 4. The van der Waals surface area contributed by atoms with E-state index in [0.29, 0.717) is 25.2 Å². The molecule has 0 bridgehead atoms. The monoisotopic (exact) mass is 266 g/mol. The molecule has 0 saturated carbocycles. The first-order valence-corrected chi connectivity index (χ1v) is 6.96. The Morgan fingerprint density at radius 2 is 2.00 bits per heavy atom. The van der Waals surface area contributed by atoms with Gasteiger partial charge in [0.2, 0.25) is 0 Å². The fourth-order valence-electron chi connectivity index (χ4n) is 1.53. The molecule has 4 heteroatoms. The highest BCUT2D eigenvalue weighted by Crippen LogP contribution is 2.16. The summed E-state index contributed by atoms with van der Waals surface area (Å²) < 4.78 is 11.2. The molecule has 1 N–H and O–H groups in total. The number of rotatable bonds is 9. The van der Waals surface area contributed by atoms with Crippen LogP contribution in [-0.2, 0) is 11.3 Å². The standard InChI is InChI=1S/C15H26N2O2/c1-12(2)11-18-7-8-19-15-10-16-6-5-14(15)9-17-13(3)4/h5-6,10,12-13,17H,7-9,11H2,1-4H3. The number of nitrogens with one attached hydrogen (secondary N) is 1. The molecule has 0 radical (unpaired) electrons. The summed E-state index contributed by atoms with van der Waals surface area (Å²) in [4.78, 5) is 4.11. The Bertz CT molecular complexity index is 354. The average Bonchev–Trinajstić information content (AvgIpc) is 2.36. The Labute approximate surface area is 116 Å². The highest BCUT2D eigenvalue weighted by molar-refractivity contribution is 5.29. The van der Waals surface area contributed by atoms with Crippen molar-refractivity contribution in [3.8, 4) is 5.75 Å². The van der Waals surface area contributed by atoms with Crippen LogP contribution in [0.2, 0.25) is 0 Å². The zero-order chi connectivity index (χ0) is 14.1. The van der Waals surface area contributed by atoms with E-state index >= 15 is 0 Å². The minimum Gasteiger partial charge on any atom is -0.489 e. The summed E-state index contributed by atoms with van der Waals surface area (Å²) in [6, 6.07) is 2.44. The van der Waals surface area contributed by atoms with Gasteiger partial charge in [0.1, 0.15) is 12.4 Å². The van der Waals surface area contributed by atoms with Crippen LogP contribution in [0.15, 0.2) is 18.5 Å². The fraction of sp³-hybridized carbons (Fsp3) is 0.667. The van der Waals surface area contributed by atoms with Gasteiger partial charge in [-0.1, -0.05) is 27.7 Å². The van der Waals surface area contributed by atoms with E-state index in [-0.39, 0.29) is 0 Å². The predicted molar refractivity (Wildman–Crippen MR) is 77.4 cm³/mol. The van der Waals surface area contributed by atoms with Crippen molar-refractivity contribution < 1.29 is 9.47 Å². The molecule has 1 aromatic heterocycles. The summed E-state index contributed by atoms with van der Waals surface area (Å²) in [6.07, 6.45) is 3.55. The van der Waals surface area contributed by atoms with Crippen LogP contribution in [0.3, 0.4) is 0 Å². The number of aromatic nitrogens is 1. The van der Waals surface area contributed by atoms with Gasteiger partial charge in [0.05, 0.1) is 12.8 Å². The summed E-state index contributed by atoms with van der Waals surface area (Å²) >= 11 is 0. The van der Waals surface area contributed by atoms with Crippen molar-refractivity contribution in [2.45, 2.75) is 40.3 Å². The van der Waals surface area contributed by atoms with Gasteiger partial charge in [0, 0.05) is 31.0 Å². The molecule has 1 aromatic rings. The van der Waals surface area contributed by atoms with E-state index < -0.39 is 0 Å². The van der Waals surface area contributed by atoms with Crippen molar-refractivity contribution in [1.82, 2.24) is 10.3 Å². The SMILES string of the molecule is CC(C)COCCOc1cnccc1CNC(C)C. The Morgan fingerprint density at radius 3 is 2.68 bits per heavy atom. The lowest BCUT2D eigenvalue weighted by Gasteiger charge is -2.13. The third-order valence-electron chi connectivity index (χ3n) is 2.51. The molecule has 0 spiro atoms. The van der Waals surface area contributed by atoms with E-state index in [9.17, 15) is 0 Å². The van der Waals surface area contributed by atoms with Crippen molar-refractivity contribution in [3.05, 3.63) is 24.0 Å². The Morgan fingerprint density at radius 1 is 1.21 bits per heavy atom.